The van der Waals surface area contributed by atoms with E-state index in [0.717, 1.165) is 10.4 Å². The van der Waals surface area contributed by atoms with Crippen molar-refractivity contribution in [2.75, 3.05) is 12.4 Å². The van der Waals surface area contributed by atoms with Gasteiger partial charge in [-0.25, -0.2) is 18.4 Å². The van der Waals surface area contributed by atoms with E-state index >= 15 is 0 Å². The van der Waals surface area contributed by atoms with E-state index in [0.29, 0.717) is 13.0 Å². The smallest absolute Gasteiger partial charge is 0.261 e. The molecule has 33 heavy (non-hydrogen) atoms. The van der Waals surface area contributed by atoms with Crippen molar-refractivity contribution < 1.29 is 12.8 Å². The standard InChI is InChI=1S/C26H32N2O3SSi/c1-5-13-22(21-32(29,30)25-27-18-12-19-28-25)20-31-33(26(2,3)4,23-14-8-6-9-15-23)24-16-10-7-11-17-24/h5-12,14-19,22H,1,13,20-21H2,2-4H3/t22-/m0/s1. The van der Waals surface area contributed by atoms with Crippen molar-refractivity contribution in [1.82, 2.24) is 9.97 Å². The van der Waals surface area contributed by atoms with Crippen LogP contribution >= 0.6 is 0 Å². The molecule has 1 atom stereocenters. The van der Waals surface area contributed by atoms with Crippen molar-refractivity contribution in [1.29, 1.82) is 0 Å². The van der Waals surface area contributed by atoms with Crippen LogP contribution in [0.3, 0.4) is 0 Å². The van der Waals surface area contributed by atoms with Crippen LogP contribution in [-0.4, -0.2) is 39.1 Å². The van der Waals surface area contributed by atoms with Crippen LogP contribution < -0.4 is 10.4 Å². The second-order valence-corrected chi connectivity index (χ2v) is 15.4. The summed E-state index contributed by atoms with van der Waals surface area (Å²) in [6, 6.07) is 22.3. The molecular weight excluding hydrogens is 448 g/mol. The predicted molar refractivity (Wildman–Crippen MR) is 136 cm³/mol. The Balaban J connectivity index is 1.99. The van der Waals surface area contributed by atoms with E-state index in [4.69, 9.17) is 4.43 Å². The largest absolute Gasteiger partial charge is 0.407 e. The Bertz CT molecular complexity index is 1090. The molecule has 174 valence electrons. The minimum Gasteiger partial charge on any atom is -0.407 e. The highest BCUT2D eigenvalue weighted by atomic mass is 32.2. The lowest BCUT2D eigenvalue weighted by atomic mass is 10.1. The van der Waals surface area contributed by atoms with Crippen molar-refractivity contribution in [3.05, 3.63) is 91.8 Å². The van der Waals surface area contributed by atoms with Crippen LogP contribution in [0, 0.1) is 5.92 Å². The summed E-state index contributed by atoms with van der Waals surface area (Å²) in [5.41, 5.74) is 0. The highest BCUT2D eigenvalue weighted by Crippen LogP contribution is 2.37. The van der Waals surface area contributed by atoms with Gasteiger partial charge in [0.2, 0.25) is 15.0 Å². The van der Waals surface area contributed by atoms with Crippen LogP contribution in [0.2, 0.25) is 5.04 Å². The van der Waals surface area contributed by atoms with E-state index in [1.165, 1.54) is 12.4 Å². The first-order valence-electron chi connectivity index (χ1n) is 11.1. The molecule has 0 aliphatic carbocycles. The van der Waals surface area contributed by atoms with Crippen LogP contribution in [0.1, 0.15) is 27.2 Å². The first-order valence-corrected chi connectivity index (χ1v) is 14.6. The van der Waals surface area contributed by atoms with Gasteiger partial charge in [0.1, 0.15) is 0 Å². The first kappa shape index (κ1) is 25.0. The number of nitrogens with zero attached hydrogens (tertiary/aromatic N) is 2. The number of hydrogen-bond donors (Lipinski definition) is 0. The number of hydrogen-bond acceptors (Lipinski definition) is 5. The van der Waals surface area contributed by atoms with Gasteiger partial charge >= 0.3 is 0 Å². The third-order valence-corrected chi connectivity index (χ3v) is 12.4. The van der Waals surface area contributed by atoms with Gasteiger partial charge in [0.15, 0.2) is 0 Å². The molecule has 0 spiro atoms. The Morgan fingerprint density at radius 2 is 1.45 bits per heavy atom. The second-order valence-electron chi connectivity index (χ2n) is 9.18. The molecule has 0 fully saturated rings. The van der Waals surface area contributed by atoms with Crippen molar-refractivity contribution in [3.8, 4) is 0 Å². The molecule has 7 heteroatoms. The zero-order chi connectivity index (χ0) is 24.0. The Morgan fingerprint density at radius 3 is 1.91 bits per heavy atom. The molecule has 2 aromatic carbocycles. The Kier molecular flexibility index (Phi) is 7.99. The van der Waals surface area contributed by atoms with Crippen LogP contribution in [0.15, 0.2) is 96.9 Å². The van der Waals surface area contributed by atoms with Gasteiger partial charge in [0.05, 0.1) is 5.75 Å². The highest BCUT2D eigenvalue weighted by Gasteiger charge is 2.50. The van der Waals surface area contributed by atoms with Crippen molar-refractivity contribution in [2.24, 2.45) is 5.92 Å². The lowest BCUT2D eigenvalue weighted by Crippen LogP contribution is -2.67. The van der Waals surface area contributed by atoms with Gasteiger partial charge < -0.3 is 4.43 Å². The normalized spacial score (nSPS) is 13.4. The summed E-state index contributed by atoms with van der Waals surface area (Å²) in [6.07, 6.45) is 5.16. The molecule has 1 aromatic heterocycles. The minimum atomic E-state index is -3.65. The lowest BCUT2D eigenvalue weighted by molar-refractivity contribution is 0.247. The molecule has 0 bridgehead atoms. The van der Waals surface area contributed by atoms with E-state index in [-0.39, 0.29) is 21.9 Å². The molecule has 1 heterocycles. The monoisotopic (exact) mass is 480 g/mol. The fraction of sp³-hybridized carbons (Fsp3) is 0.308. The zero-order valence-corrected chi connectivity index (χ0v) is 21.3. The number of sulfone groups is 1. The number of rotatable bonds is 10. The first-order chi connectivity index (χ1) is 15.7. The Hall–Kier alpha value is -2.61. The quantitative estimate of drug-likeness (QED) is 0.249. The van der Waals surface area contributed by atoms with Gasteiger partial charge in [0.25, 0.3) is 8.32 Å². The maximum atomic E-state index is 13.0. The van der Waals surface area contributed by atoms with Gasteiger partial charge in [-0.1, -0.05) is 87.5 Å². The summed E-state index contributed by atoms with van der Waals surface area (Å²) in [7, 11) is -6.40. The van der Waals surface area contributed by atoms with E-state index in [1.807, 2.05) is 36.4 Å². The fourth-order valence-electron chi connectivity index (χ4n) is 4.26. The highest BCUT2D eigenvalue weighted by molar-refractivity contribution is 7.91. The molecule has 0 N–H and O–H groups in total. The van der Waals surface area contributed by atoms with Crippen LogP contribution in [-0.2, 0) is 14.3 Å². The van der Waals surface area contributed by atoms with Crippen molar-refractivity contribution in [3.63, 3.8) is 0 Å². The molecule has 3 aromatic rings. The summed E-state index contributed by atoms with van der Waals surface area (Å²) < 4.78 is 32.9. The van der Waals surface area contributed by atoms with E-state index in [9.17, 15) is 8.42 Å². The molecule has 0 saturated heterocycles. The maximum Gasteiger partial charge on any atom is 0.261 e. The SMILES string of the molecule is C=CC[C@@H](CO[Si](c1ccccc1)(c1ccccc1)C(C)(C)C)CS(=O)(=O)c1ncccn1. The van der Waals surface area contributed by atoms with Crippen LogP contribution in [0.5, 0.6) is 0 Å². The molecular formula is C26H32N2O3SSi. The third-order valence-electron chi connectivity index (χ3n) is 5.73. The summed E-state index contributed by atoms with van der Waals surface area (Å²) in [4.78, 5) is 7.90. The van der Waals surface area contributed by atoms with Gasteiger partial charge in [0, 0.05) is 19.0 Å². The Morgan fingerprint density at radius 1 is 0.939 bits per heavy atom. The lowest BCUT2D eigenvalue weighted by Gasteiger charge is -2.43. The van der Waals surface area contributed by atoms with E-state index in [2.05, 4.69) is 61.6 Å². The van der Waals surface area contributed by atoms with Crippen molar-refractivity contribution in [2.45, 2.75) is 37.4 Å². The molecule has 0 amide bonds. The molecule has 0 unspecified atom stereocenters. The molecule has 3 rings (SSSR count). The molecule has 0 saturated carbocycles. The minimum absolute atomic E-state index is 0.0960. The summed E-state index contributed by atoms with van der Waals surface area (Å²) in [5.74, 6) is -0.362. The summed E-state index contributed by atoms with van der Waals surface area (Å²) in [5, 5.41) is 1.99. The number of allylic oxidation sites excluding steroid dienone is 1. The summed E-state index contributed by atoms with van der Waals surface area (Å²) >= 11 is 0. The third kappa shape index (κ3) is 5.66. The van der Waals surface area contributed by atoms with Crippen LogP contribution in [0.25, 0.3) is 0 Å². The average Bonchev–Trinajstić information content (AvgIpc) is 2.80. The van der Waals surface area contributed by atoms with Gasteiger partial charge in [-0.05, 0) is 33.8 Å². The number of benzene rings is 2. The topological polar surface area (TPSA) is 69.2 Å². The van der Waals surface area contributed by atoms with Crippen LogP contribution in [0.4, 0.5) is 0 Å². The number of aromatic nitrogens is 2. The fourth-order valence-corrected chi connectivity index (χ4v) is 10.3. The molecule has 0 radical (unpaired) electrons. The zero-order valence-electron chi connectivity index (χ0n) is 19.5. The predicted octanol–water partition coefficient (Wildman–Crippen LogP) is 4.02. The summed E-state index contributed by atoms with van der Waals surface area (Å²) in [6.45, 7) is 10.8. The van der Waals surface area contributed by atoms with Crippen molar-refractivity contribution >= 4 is 28.5 Å². The second kappa shape index (κ2) is 10.5. The molecule has 5 nitrogen and oxygen atoms in total. The molecule has 0 aliphatic rings. The maximum absolute atomic E-state index is 13.0. The van der Waals surface area contributed by atoms with Gasteiger partial charge in [-0.3, -0.25) is 0 Å². The van der Waals surface area contributed by atoms with Gasteiger partial charge in [-0.2, -0.15) is 0 Å². The van der Waals surface area contributed by atoms with Gasteiger partial charge in [-0.15, -0.1) is 6.58 Å². The van der Waals surface area contributed by atoms with E-state index in [1.54, 1.807) is 12.1 Å². The van der Waals surface area contributed by atoms with E-state index < -0.39 is 18.2 Å². The average molecular weight is 481 g/mol. The molecule has 0 aliphatic heterocycles. The Labute approximate surface area is 198 Å².